The molecule has 0 aliphatic carbocycles. The van der Waals surface area contributed by atoms with Crippen molar-refractivity contribution in [1.82, 2.24) is 4.98 Å². The molecule has 0 bridgehead atoms. The molecule has 0 amide bonds. The lowest BCUT2D eigenvalue weighted by molar-refractivity contribution is -0.117. The Balaban J connectivity index is 1.95. The SMILES string of the molecule is Cc1nc(CC(=O)Cc2ccc(N)cc2)cs1. The number of carbonyl (C=O) groups is 1. The van der Waals surface area contributed by atoms with E-state index in [9.17, 15) is 4.79 Å². The fourth-order valence-electron chi connectivity index (χ4n) is 1.62. The minimum Gasteiger partial charge on any atom is -0.399 e. The highest BCUT2D eigenvalue weighted by molar-refractivity contribution is 7.09. The number of rotatable bonds is 4. The second kappa shape index (κ2) is 5.10. The van der Waals surface area contributed by atoms with Crippen LogP contribution in [0.1, 0.15) is 16.3 Å². The van der Waals surface area contributed by atoms with Crippen molar-refractivity contribution < 1.29 is 4.79 Å². The first kappa shape index (κ1) is 11.8. The zero-order valence-corrected chi connectivity index (χ0v) is 10.5. The number of hydrogen-bond acceptors (Lipinski definition) is 4. The second-order valence-corrected chi connectivity index (χ2v) is 5.05. The van der Waals surface area contributed by atoms with Gasteiger partial charge in [0.05, 0.1) is 10.7 Å². The Kier molecular flexibility index (Phi) is 3.54. The molecule has 17 heavy (non-hydrogen) atoms. The molecule has 3 nitrogen and oxygen atoms in total. The monoisotopic (exact) mass is 246 g/mol. The predicted molar refractivity (Wildman–Crippen MR) is 70.1 cm³/mol. The summed E-state index contributed by atoms with van der Waals surface area (Å²) < 4.78 is 0. The minimum absolute atomic E-state index is 0.181. The Morgan fingerprint density at radius 3 is 2.59 bits per heavy atom. The quantitative estimate of drug-likeness (QED) is 0.843. The molecular formula is C13H14N2OS. The average molecular weight is 246 g/mol. The molecule has 0 aliphatic heterocycles. The summed E-state index contributed by atoms with van der Waals surface area (Å²) in [7, 11) is 0. The summed E-state index contributed by atoms with van der Waals surface area (Å²) in [5.74, 6) is 0.181. The summed E-state index contributed by atoms with van der Waals surface area (Å²) in [6.45, 7) is 1.94. The van der Waals surface area contributed by atoms with Crippen LogP contribution in [0.3, 0.4) is 0 Å². The van der Waals surface area contributed by atoms with Gasteiger partial charge in [-0.15, -0.1) is 11.3 Å². The molecule has 2 N–H and O–H groups in total. The maximum atomic E-state index is 11.8. The van der Waals surface area contributed by atoms with Crippen molar-refractivity contribution in [3.63, 3.8) is 0 Å². The van der Waals surface area contributed by atoms with Crippen molar-refractivity contribution in [3.8, 4) is 0 Å². The Hall–Kier alpha value is -1.68. The second-order valence-electron chi connectivity index (χ2n) is 3.99. The van der Waals surface area contributed by atoms with Crippen LogP contribution in [-0.2, 0) is 17.6 Å². The van der Waals surface area contributed by atoms with Gasteiger partial charge in [0.25, 0.3) is 0 Å². The molecule has 0 fully saturated rings. The van der Waals surface area contributed by atoms with E-state index in [-0.39, 0.29) is 5.78 Å². The van der Waals surface area contributed by atoms with E-state index in [1.165, 1.54) is 0 Å². The molecular weight excluding hydrogens is 232 g/mol. The van der Waals surface area contributed by atoms with Gasteiger partial charge in [-0.3, -0.25) is 4.79 Å². The van der Waals surface area contributed by atoms with Crippen LogP contribution in [0.2, 0.25) is 0 Å². The molecule has 4 heteroatoms. The number of aryl methyl sites for hydroxylation is 1. The Morgan fingerprint density at radius 1 is 1.29 bits per heavy atom. The number of nitrogens with two attached hydrogens (primary N) is 1. The molecule has 0 atom stereocenters. The number of Topliss-reactive ketones (excluding diaryl/α,β-unsaturated/α-hetero) is 1. The molecule has 0 saturated carbocycles. The zero-order chi connectivity index (χ0) is 12.3. The highest BCUT2D eigenvalue weighted by Crippen LogP contribution is 2.11. The number of hydrogen-bond donors (Lipinski definition) is 1. The summed E-state index contributed by atoms with van der Waals surface area (Å²) in [6.07, 6.45) is 0.853. The van der Waals surface area contributed by atoms with E-state index in [1.54, 1.807) is 11.3 Å². The molecule has 1 aromatic carbocycles. The van der Waals surface area contributed by atoms with Crippen molar-refractivity contribution in [1.29, 1.82) is 0 Å². The normalized spacial score (nSPS) is 10.4. The minimum atomic E-state index is 0.181. The molecule has 1 heterocycles. The first-order valence-electron chi connectivity index (χ1n) is 5.40. The van der Waals surface area contributed by atoms with Crippen LogP contribution in [0, 0.1) is 6.92 Å². The average Bonchev–Trinajstić information content (AvgIpc) is 2.67. The number of nitrogen functional groups attached to an aromatic ring is 1. The molecule has 0 unspecified atom stereocenters. The highest BCUT2D eigenvalue weighted by atomic mass is 32.1. The molecule has 88 valence electrons. The van der Waals surface area contributed by atoms with Crippen molar-refractivity contribution in [2.24, 2.45) is 0 Å². The van der Waals surface area contributed by atoms with E-state index in [2.05, 4.69) is 4.98 Å². The highest BCUT2D eigenvalue weighted by Gasteiger charge is 2.07. The number of thiazole rings is 1. The number of carbonyl (C=O) groups excluding carboxylic acids is 1. The third-order valence-electron chi connectivity index (χ3n) is 2.43. The van der Waals surface area contributed by atoms with Gasteiger partial charge in [0, 0.05) is 23.9 Å². The number of benzene rings is 1. The Bertz CT molecular complexity index is 516. The van der Waals surface area contributed by atoms with Gasteiger partial charge in [-0.25, -0.2) is 4.98 Å². The van der Waals surface area contributed by atoms with Gasteiger partial charge in [-0.2, -0.15) is 0 Å². The van der Waals surface area contributed by atoms with E-state index in [0.717, 1.165) is 22.0 Å². The summed E-state index contributed by atoms with van der Waals surface area (Å²) in [6, 6.07) is 7.41. The van der Waals surface area contributed by atoms with Crippen LogP contribution >= 0.6 is 11.3 Å². The molecule has 0 spiro atoms. The summed E-state index contributed by atoms with van der Waals surface area (Å²) in [5.41, 5.74) is 8.17. The van der Waals surface area contributed by atoms with Crippen LogP contribution in [0.4, 0.5) is 5.69 Å². The van der Waals surface area contributed by atoms with Gasteiger partial charge in [0.1, 0.15) is 5.78 Å². The van der Waals surface area contributed by atoms with Crippen molar-refractivity contribution in [2.45, 2.75) is 19.8 Å². The molecule has 0 aliphatic rings. The zero-order valence-electron chi connectivity index (χ0n) is 9.64. The lowest BCUT2D eigenvalue weighted by atomic mass is 10.1. The first-order valence-corrected chi connectivity index (χ1v) is 6.28. The third-order valence-corrected chi connectivity index (χ3v) is 3.25. The number of anilines is 1. The Labute approximate surface area is 104 Å². The first-order chi connectivity index (χ1) is 8.13. The topological polar surface area (TPSA) is 56.0 Å². The van der Waals surface area contributed by atoms with E-state index in [4.69, 9.17) is 5.73 Å². The smallest absolute Gasteiger partial charge is 0.143 e. The number of nitrogens with zero attached hydrogens (tertiary/aromatic N) is 1. The van der Waals surface area contributed by atoms with Gasteiger partial charge in [-0.1, -0.05) is 12.1 Å². The lowest BCUT2D eigenvalue weighted by Gasteiger charge is -2.00. The summed E-state index contributed by atoms with van der Waals surface area (Å²) in [5, 5.41) is 2.94. The van der Waals surface area contributed by atoms with Crippen molar-refractivity contribution in [3.05, 3.63) is 45.9 Å². The fourth-order valence-corrected chi connectivity index (χ4v) is 2.23. The van der Waals surface area contributed by atoms with Crippen molar-refractivity contribution >= 4 is 22.8 Å². The maximum Gasteiger partial charge on any atom is 0.143 e. The number of ketones is 1. The number of aromatic nitrogens is 1. The largest absolute Gasteiger partial charge is 0.399 e. The van der Waals surface area contributed by atoms with Gasteiger partial charge in [0.2, 0.25) is 0 Å². The van der Waals surface area contributed by atoms with Crippen LogP contribution in [-0.4, -0.2) is 10.8 Å². The van der Waals surface area contributed by atoms with Gasteiger partial charge < -0.3 is 5.73 Å². The van der Waals surface area contributed by atoms with E-state index in [0.29, 0.717) is 12.8 Å². The van der Waals surface area contributed by atoms with Crippen LogP contribution in [0.25, 0.3) is 0 Å². The summed E-state index contributed by atoms with van der Waals surface area (Å²) >= 11 is 1.57. The van der Waals surface area contributed by atoms with Crippen LogP contribution < -0.4 is 5.73 Å². The van der Waals surface area contributed by atoms with Gasteiger partial charge in [0.15, 0.2) is 0 Å². The summed E-state index contributed by atoms with van der Waals surface area (Å²) in [4.78, 5) is 16.1. The lowest BCUT2D eigenvalue weighted by Crippen LogP contribution is -2.06. The molecule has 1 aromatic heterocycles. The Morgan fingerprint density at radius 2 is 2.00 bits per heavy atom. The van der Waals surface area contributed by atoms with Crippen LogP contribution in [0.15, 0.2) is 29.6 Å². The van der Waals surface area contributed by atoms with Crippen LogP contribution in [0.5, 0.6) is 0 Å². The molecule has 0 saturated heterocycles. The van der Waals surface area contributed by atoms with Gasteiger partial charge in [-0.05, 0) is 24.6 Å². The molecule has 2 aromatic rings. The standard InChI is InChI=1S/C13H14N2OS/c1-9-15-12(8-17-9)7-13(16)6-10-2-4-11(14)5-3-10/h2-5,8H,6-7,14H2,1H3. The molecule has 2 rings (SSSR count). The van der Waals surface area contributed by atoms with E-state index < -0.39 is 0 Å². The van der Waals surface area contributed by atoms with Gasteiger partial charge >= 0.3 is 0 Å². The molecule has 0 radical (unpaired) electrons. The van der Waals surface area contributed by atoms with Crippen molar-refractivity contribution in [2.75, 3.05) is 5.73 Å². The third kappa shape index (κ3) is 3.39. The predicted octanol–water partition coefficient (Wildman–Crippen LogP) is 2.39. The maximum absolute atomic E-state index is 11.8. The van der Waals surface area contributed by atoms with E-state index >= 15 is 0 Å². The van der Waals surface area contributed by atoms with E-state index in [1.807, 2.05) is 36.6 Å². The fraction of sp³-hybridized carbons (Fsp3) is 0.231.